The number of carbonyl (C=O) groups is 2. The van der Waals surface area contributed by atoms with E-state index in [0.29, 0.717) is 12.2 Å². The van der Waals surface area contributed by atoms with Gasteiger partial charge in [0, 0.05) is 12.2 Å². The van der Waals surface area contributed by atoms with Crippen molar-refractivity contribution < 1.29 is 14.0 Å². The van der Waals surface area contributed by atoms with Crippen molar-refractivity contribution in [3.8, 4) is 0 Å². The Morgan fingerprint density at radius 1 is 1.18 bits per heavy atom. The van der Waals surface area contributed by atoms with Crippen molar-refractivity contribution in [3.05, 3.63) is 54.0 Å². The fourth-order valence-electron chi connectivity index (χ4n) is 2.03. The standard InChI is InChI=1S/C16H17N3O3/c17-16(7-8-16)15(21)18-10-11-3-5-12(6-4-11)19-14(20)13-2-1-9-22-13/h1-6,9H,7-8,10,17H2,(H,18,21)(H,19,20). The normalized spacial score (nSPS) is 15.1. The van der Waals surface area contributed by atoms with Crippen LogP contribution in [0.25, 0.3) is 0 Å². The van der Waals surface area contributed by atoms with Crippen LogP contribution in [0.3, 0.4) is 0 Å². The molecule has 6 nitrogen and oxygen atoms in total. The predicted molar refractivity (Wildman–Crippen MR) is 81.1 cm³/mol. The summed E-state index contributed by atoms with van der Waals surface area (Å²) in [5.74, 6) is -0.151. The number of carbonyl (C=O) groups excluding carboxylic acids is 2. The molecule has 1 aliphatic rings. The third-order valence-corrected chi connectivity index (χ3v) is 3.65. The van der Waals surface area contributed by atoms with Gasteiger partial charge in [-0.15, -0.1) is 0 Å². The van der Waals surface area contributed by atoms with Crippen LogP contribution in [0.2, 0.25) is 0 Å². The molecular formula is C16H17N3O3. The van der Waals surface area contributed by atoms with E-state index in [1.165, 1.54) is 6.26 Å². The number of benzene rings is 1. The monoisotopic (exact) mass is 299 g/mol. The fourth-order valence-corrected chi connectivity index (χ4v) is 2.03. The molecule has 0 saturated heterocycles. The van der Waals surface area contributed by atoms with E-state index >= 15 is 0 Å². The van der Waals surface area contributed by atoms with Crippen LogP contribution in [-0.2, 0) is 11.3 Å². The maximum atomic E-state index is 11.8. The summed E-state index contributed by atoms with van der Waals surface area (Å²) in [6, 6.07) is 10.5. The summed E-state index contributed by atoms with van der Waals surface area (Å²) in [6.45, 7) is 0.421. The third-order valence-electron chi connectivity index (χ3n) is 3.65. The van der Waals surface area contributed by atoms with Gasteiger partial charge in [0.2, 0.25) is 5.91 Å². The molecule has 4 N–H and O–H groups in total. The van der Waals surface area contributed by atoms with Crippen molar-refractivity contribution in [2.45, 2.75) is 24.9 Å². The van der Waals surface area contributed by atoms with Crippen molar-refractivity contribution in [1.29, 1.82) is 0 Å². The first-order chi connectivity index (χ1) is 10.6. The van der Waals surface area contributed by atoms with E-state index in [4.69, 9.17) is 10.2 Å². The lowest BCUT2D eigenvalue weighted by Crippen LogP contribution is -2.42. The summed E-state index contributed by atoms with van der Waals surface area (Å²) >= 11 is 0. The lowest BCUT2D eigenvalue weighted by atomic mass is 10.2. The Hall–Kier alpha value is -2.60. The van der Waals surface area contributed by atoms with E-state index in [2.05, 4.69) is 10.6 Å². The number of hydrogen-bond acceptors (Lipinski definition) is 4. The summed E-state index contributed by atoms with van der Waals surface area (Å²) in [4.78, 5) is 23.6. The van der Waals surface area contributed by atoms with Crippen LogP contribution < -0.4 is 16.4 Å². The summed E-state index contributed by atoms with van der Waals surface area (Å²) in [5, 5.41) is 5.55. The lowest BCUT2D eigenvalue weighted by molar-refractivity contribution is -0.123. The average Bonchev–Trinajstić information content (AvgIpc) is 3.05. The fraction of sp³-hybridized carbons (Fsp3) is 0.250. The first kappa shape index (κ1) is 14.3. The summed E-state index contributed by atoms with van der Waals surface area (Å²) in [6.07, 6.45) is 2.94. The van der Waals surface area contributed by atoms with Gasteiger partial charge in [-0.3, -0.25) is 9.59 Å². The Bertz CT molecular complexity index is 673. The molecule has 1 aromatic carbocycles. The zero-order valence-corrected chi connectivity index (χ0v) is 12.0. The number of furan rings is 1. The van der Waals surface area contributed by atoms with Crippen LogP contribution in [0.1, 0.15) is 29.0 Å². The molecule has 0 radical (unpaired) electrons. The van der Waals surface area contributed by atoms with Gasteiger partial charge in [-0.2, -0.15) is 0 Å². The second-order valence-corrected chi connectivity index (χ2v) is 5.47. The van der Waals surface area contributed by atoms with Gasteiger partial charge in [0.25, 0.3) is 5.91 Å². The molecule has 2 amide bonds. The third kappa shape index (κ3) is 3.17. The maximum Gasteiger partial charge on any atom is 0.291 e. The van der Waals surface area contributed by atoms with Crippen molar-refractivity contribution >= 4 is 17.5 Å². The Morgan fingerprint density at radius 2 is 1.91 bits per heavy atom. The van der Waals surface area contributed by atoms with Crippen LogP contribution in [0, 0.1) is 0 Å². The smallest absolute Gasteiger partial charge is 0.291 e. The topological polar surface area (TPSA) is 97.4 Å². The van der Waals surface area contributed by atoms with Gasteiger partial charge in [0.05, 0.1) is 11.8 Å². The van der Waals surface area contributed by atoms with Gasteiger partial charge in [-0.25, -0.2) is 0 Å². The molecule has 0 atom stereocenters. The quantitative estimate of drug-likeness (QED) is 0.781. The van der Waals surface area contributed by atoms with Gasteiger partial charge in [-0.05, 0) is 42.7 Å². The number of anilines is 1. The molecule has 2 aromatic rings. The van der Waals surface area contributed by atoms with Crippen LogP contribution >= 0.6 is 0 Å². The highest BCUT2D eigenvalue weighted by atomic mass is 16.3. The van der Waals surface area contributed by atoms with Crippen LogP contribution in [-0.4, -0.2) is 17.4 Å². The highest BCUT2D eigenvalue weighted by molar-refractivity contribution is 6.02. The van der Waals surface area contributed by atoms with Crippen molar-refractivity contribution in [2.75, 3.05) is 5.32 Å². The van der Waals surface area contributed by atoms with E-state index in [1.54, 1.807) is 24.3 Å². The molecule has 1 heterocycles. The number of nitrogens with one attached hydrogen (secondary N) is 2. The summed E-state index contributed by atoms with van der Waals surface area (Å²) in [7, 11) is 0. The lowest BCUT2D eigenvalue weighted by Gasteiger charge is -2.10. The van der Waals surface area contributed by atoms with E-state index in [1.807, 2.05) is 12.1 Å². The van der Waals surface area contributed by atoms with Gasteiger partial charge in [0.1, 0.15) is 0 Å². The molecule has 22 heavy (non-hydrogen) atoms. The largest absolute Gasteiger partial charge is 0.459 e. The zero-order chi connectivity index (χ0) is 15.6. The molecule has 1 fully saturated rings. The van der Waals surface area contributed by atoms with Crippen molar-refractivity contribution in [3.63, 3.8) is 0 Å². The Labute approximate surface area is 127 Å². The maximum absolute atomic E-state index is 11.8. The molecule has 0 spiro atoms. The summed E-state index contributed by atoms with van der Waals surface area (Å²) in [5.41, 5.74) is 6.75. The molecular weight excluding hydrogens is 282 g/mol. The minimum absolute atomic E-state index is 0.109. The second kappa shape index (κ2) is 5.65. The Morgan fingerprint density at radius 3 is 2.50 bits per heavy atom. The van der Waals surface area contributed by atoms with E-state index in [9.17, 15) is 9.59 Å². The summed E-state index contributed by atoms with van der Waals surface area (Å²) < 4.78 is 5.02. The minimum Gasteiger partial charge on any atom is -0.459 e. The molecule has 0 unspecified atom stereocenters. The molecule has 0 bridgehead atoms. The van der Waals surface area contributed by atoms with Gasteiger partial charge in [-0.1, -0.05) is 12.1 Å². The van der Waals surface area contributed by atoms with E-state index in [0.717, 1.165) is 18.4 Å². The molecule has 0 aliphatic heterocycles. The van der Waals surface area contributed by atoms with Gasteiger partial charge >= 0.3 is 0 Å². The Balaban J connectivity index is 1.54. The number of hydrogen-bond donors (Lipinski definition) is 3. The van der Waals surface area contributed by atoms with E-state index in [-0.39, 0.29) is 17.6 Å². The average molecular weight is 299 g/mol. The zero-order valence-electron chi connectivity index (χ0n) is 12.0. The number of nitrogens with two attached hydrogens (primary N) is 1. The van der Waals surface area contributed by atoms with Gasteiger partial charge < -0.3 is 20.8 Å². The highest BCUT2D eigenvalue weighted by Crippen LogP contribution is 2.32. The first-order valence-electron chi connectivity index (χ1n) is 7.08. The molecule has 1 aromatic heterocycles. The molecule has 1 saturated carbocycles. The van der Waals surface area contributed by atoms with Crippen LogP contribution in [0.5, 0.6) is 0 Å². The van der Waals surface area contributed by atoms with Crippen LogP contribution in [0.15, 0.2) is 47.1 Å². The number of rotatable bonds is 5. The second-order valence-electron chi connectivity index (χ2n) is 5.47. The minimum atomic E-state index is -0.656. The highest BCUT2D eigenvalue weighted by Gasteiger charge is 2.45. The van der Waals surface area contributed by atoms with Crippen molar-refractivity contribution in [1.82, 2.24) is 5.32 Å². The molecule has 114 valence electrons. The van der Waals surface area contributed by atoms with Crippen molar-refractivity contribution in [2.24, 2.45) is 5.73 Å². The molecule has 6 heteroatoms. The SMILES string of the molecule is NC1(C(=O)NCc2ccc(NC(=O)c3ccco3)cc2)CC1. The molecule has 3 rings (SSSR count). The van der Waals surface area contributed by atoms with Crippen LogP contribution in [0.4, 0.5) is 5.69 Å². The van der Waals surface area contributed by atoms with E-state index < -0.39 is 5.54 Å². The first-order valence-corrected chi connectivity index (χ1v) is 7.08. The van der Waals surface area contributed by atoms with Gasteiger partial charge in [0.15, 0.2) is 5.76 Å². The Kier molecular flexibility index (Phi) is 3.68. The predicted octanol–water partition coefficient (Wildman–Crippen LogP) is 1.64. The molecule has 1 aliphatic carbocycles. The number of amides is 2.